The van der Waals surface area contributed by atoms with Crippen LogP contribution < -0.4 is 5.69 Å². The van der Waals surface area contributed by atoms with Crippen molar-refractivity contribution in [2.75, 3.05) is 24.6 Å². The van der Waals surface area contributed by atoms with Crippen LogP contribution in [0.4, 0.5) is 0 Å². The smallest absolute Gasteiger partial charge is 0.249 e. The molecule has 0 saturated carbocycles. The van der Waals surface area contributed by atoms with Gasteiger partial charge in [-0.05, 0) is 19.1 Å². The van der Waals surface area contributed by atoms with E-state index in [9.17, 15) is 13.2 Å². The van der Waals surface area contributed by atoms with Crippen molar-refractivity contribution in [3.8, 4) is 0 Å². The van der Waals surface area contributed by atoms with Gasteiger partial charge in [-0.15, -0.1) is 5.10 Å². The van der Waals surface area contributed by atoms with Gasteiger partial charge >= 0.3 is 5.69 Å². The number of sulfonamides is 1. The second-order valence-corrected chi connectivity index (χ2v) is 7.87. The Morgan fingerprint density at radius 3 is 2.67 bits per heavy atom. The Morgan fingerprint density at radius 1 is 1.29 bits per heavy atom. The Hall–Kier alpha value is -1.32. The molecular weight excluding hydrogens is 312 g/mol. The lowest BCUT2D eigenvalue weighted by molar-refractivity contribution is 0.443. The topological polar surface area (TPSA) is 76.7 Å². The molecule has 0 unspecified atom stereocenters. The van der Waals surface area contributed by atoms with Gasteiger partial charge in [0, 0.05) is 37.3 Å². The molecule has 0 atom stereocenters. The number of hydrogen-bond acceptors (Lipinski definition) is 5. The second-order valence-electron chi connectivity index (χ2n) is 4.71. The van der Waals surface area contributed by atoms with Gasteiger partial charge in [-0.2, -0.15) is 16.1 Å². The van der Waals surface area contributed by atoms with E-state index in [1.807, 2.05) is 6.92 Å². The highest BCUT2D eigenvalue weighted by Gasteiger charge is 2.26. The Labute approximate surface area is 126 Å². The predicted molar refractivity (Wildman–Crippen MR) is 81.2 cm³/mol. The van der Waals surface area contributed by atoms with Crippen molar-refractivity contribution < 1.29 is 8.42 Å². The summed E-state index contributed by atoms with van der Waals surface area (Å²) in [6.07, 6.45) is 1.37. The van der Waals surface area contributed by atoms with E-state index in [0.29, 0.717) is 25.3 Å². The van der Waals surface area contributed by atoms with Gasteiger partial charge in [0.25, 0.3) is 0 Å². The second kappa shape index (κ2) is 5.47. The van der Waals surface area contributed by atoms with Crippen LogP contribution >= 0.6 is 11.8 Å². The summed E-state index contributed by atoms with van der Waals surface area (Å²) in [6.45, 7) is 3.28. The number of nitrogens with zero attached hydrogens (tertiary/aromatic N) is 4. The summed E-state index contributed by atoms with van der Waals surface area (Å²) in [7, 11) is -3.54. The number of fused-ring (bicyclic) bond motifs is 1. The molecule has 114 valence electrons. The summed E-state index contributed by atoms with van der Waals surface area (Å²) >= 11 is 1.75. The van der Waals surface area contributed by atoms with E-state index < -0.39 is 10.0 Å². The molecular formula is C12H16N4O3S2. The summed E-state index contributed by atoms with van der Waals surface area (Å²) in [5, 5.41) is 4.12. The summed E-state index contributed by atoms with van der Waals surface area (Å²) in [4.78, 5) is 12.2. The first-order valence-corrected chi connectivity index (χ1v) is 9.30. The third kappa shape index (κ3) is 2.49. The molecule has 3 heterocycles. The third-order valence-corrected chi connectivity index (χ3v) is 6.28. The van der Waals surface area contributed by atoms with Crippen LogP contribution in [0.2, 0.25) is 0 Å². The molecule has 0 aliphatic carbocycles. The zero-order chi connectivity index (χ0) is 15.0. The SMILES string of the molecule is CCn1nc2ccc(S(=O)(=O)N3CCSCC3)cn2c1=O. The molecule has 0 aromatic carbocycles. The molecule has 0 N–H and O–H groups in total. The quantitative estimate of drug-likeness (QED) is 0.807. The minimum absolute atomic E-state index is 0.139. The Bertz CT molecular complexity index is 819. The Balaban J connectivity index is 2.08. The van der Waals surface area contributed by atoms with Crippen molar-refractivity contribution in [1.29, 1.82) is 0 Å². The van der Waals surface area contributed by atoms with E-state index in [4.69, 9.17) is 0 Å². The highest BCUT2D eigenvalue weighted by molar-refractivity contribution is 7.99. The lowest BCUT2D eigenvalue weighted by Crippen LogP contribution is -2.38. The van der Waals surface area contributed by atoms with Crippen molar-refractivity contribution in [1.82, 2.24) is 18.5 Å². The van der Waals surface area contributed by atoms with Crippen molar-refractivity contribution >= 4 is 27.4 Å². The van der Waals surface area contributed by atoms with Crippen LogP contribution in [0.5, 0.6) is 0 Å². The first kappa shape index (κ1) is 14.6. The highest BCUT2D eigenvalue weighted by Crippen LogP contribution is 2.20. The zero-order valence-corrected chi connectivity index (χ0v) is 13.2. The molecule has 7 nitrogen and oxygen atoms in total. The van der Waals surface area contributed by atoms with Crippen molar-refractivity contribution in [3.63, 3.8) is 0 Å². The summed E-state index contributed by atoms with van der Waals surface area (Å²) in [5.41, 5.74) is 0.133. The summed E-state index contributed by atoms with van der Waals surface area (Å²) < 4.78 is 29.3. The fraction of sp³-hybridized carbons (Fsp3) is 0.500. The molecule has 3 rings (SSSR count). The van der Waals surface area contributed by atoms with E-state index in [1.54, 1.807) is 17.8 Å². The number of hydrogen-bond donors (Lipinski definition) is 0. The zero-order valence-electron chi connectivity index (χ0n) is 11.6. The van der Waals surface area contributed by atoms with Crippen LogP contribution in [0, 0.1) is 0 Å². The maximum Gasteiger partial charge on any atom is 0.350 e. The molecule has 1 aliphatic heterocycles. The van der Waals surface area contributed by atoms with Gasteiger partial charge in [-0.3, -0.25) is 0 Å². The Kier molecular flexibility index (Phi) is 3.80. The average Bonchev–Trinajstić information content (AvgIpc) is 2.84. The fourth-order valence-electron chi connectivity index (χ4n) is 2.29. The van der Waals surface area contributed by atoms with E-state index >= 15 is 0 Å². The Morgan fingerprint density at radius 2 is 2.00 bits per heavy atom. The standard InChI is InChI=1S/C12H16N4O3S2/c1-2-16-12(17)15-9-10(3-4-11(15)13-16)21(18,19)14-5-7-20-8-6-14/h3-4,9H,2,5-8H2,1H3. The van der Waals surface area contributed by atoms with Crippen LogP contribution in [-0.2, 0) is 16.6 Å². The van der Waals surface area contributed by atoms with Gasteiger partial charge in [-0.1, -0.05) is 0 Å². The summed E-state index contributed by atoms with van der Waals surface area (Å²) in [6, 6.07) is 3.08. The third-order valence-electron chi connectivity index (χ3n) is 3.46. The van der Waals surface area contributed by atoms with Crippen molar-refractivity contribution in [2.24, 2.45) is 0 Å². The highest BCUT2D eigenvalue weighted by atomic mass is 32.2. The number of aromatic nitrogens is 3. The lowest BCUT2D eigenvalue weighted by atomic mass is 10.5. The molecule has 1 saturated heterocycles. The van der Waals surface area contributed by atoms with Crippen molar-refractivity contribution in [3.05, 3.63) is 28.8 Å². The van der Waals surface area contributed by atoms with Gasteiger partial charge in [0.05, 0.1) is 4.90 Å². The fourth-order valence-corrected chi connectivity index (χ4v) is 4.87. The first-order chi connectivity index (χ1) is 10.0. The maximum absolute atomic E-state index is 12.6. The molecule has 0 spiro atoms. The van der Waals surface area contributed by atoms with Gasteiger partial charge in [0.1, 0.15) is 0 Å². The van der Waals surface area contributed by atoms with Gasteiger partial charge in [0.2, 0.25) is 10.0 Å². The first-order valence-electron chi connectivity index (χ1n) is 6.71. The van der Waals surface area contributed by atoms with Crippen LogP contribution in [0.1, 0.15) is 6.92 Å². The number of pyridine rings is 1. The molecule has 1 aliphatic rings. The minimum atomic E-state index is -3.54. The van der Waals surface area contributed by atoms with Crippen LogP contribution in [0.25, 0.3) is 5.65 Å². The van der Waals surface area contributed by atoms with Gasteiger partial charge < -0.3 is 0 Å². The minimum Gasteiger partial charge on any atom is -0.249 e. The van der Waals surface area contributed by atoms with E-state index in [1.165, 1.54) is 25.7 Å². The van der Waals surface area contributed by atoms with E-state index in [-0.39, 0.29) is 10.6 Å². The molecule has 1 fully saturated rings. The van der Waals surface area contributed by atoms with Crippen LogP contribution in [-0.4, -0.2) is 51.5 Å². The number of aryl methyl sites for hydroxylation is 1. The van der Waals surface area contributed by atoms with E-state index in [2.05, 4.69) is 5.10 Å². The van der Waals surface area contributed by atoms with Crippen LogP contribution in [0.15, 0.2) is 28.0 Å². The monoisotopic (exact) mass is 328 g/mol. The largest absolute Gasteiger partial charge is 0.350 e. The number of thioether (sulfide) groups is 1. The molecule has 0 amide bonds. The van der Waals surface area contributed by atoms with Crippen molar-refractivity contribution in [2.45, 2.75) is 18.4 Å². The predicted octanol–water partition coefficient (Wildman–Crippen LogP) is 0.253. The lowest BCUT2D eigenvalue weighted by Gasteiger charge is -2.25. The van der Waals surface area contributed by atoms with Gasteiger partial charge in [0.15, 0.2) is 5.65 Å². The molecule has 2 aromatic heterocycles. The average molecular weight is 328 g/mol. The molecule has 9 heteroatoms. The molecule has 0 bridgehead atoms. The number of rotatable bonds is 3. The summed E-state index contributed by atoms with van der Waals surface area (Å²) in [5.74, 6) is 1.60. The van der Waals surface area contributed by atoms with Gasteiger partial charge in [-0.25, -0.2) is 22.3 Å². The maximum atomic E-state index is 12.6. The van der Waals surface area contributed by atoms with E-state index in [0.717, 1.165) is 11.5 Å². The molecule has 21 heavy (non-hydrogen) atoms. The van der Waals surface area contributed by atoms with Crippen LogP contribution in [0.3, 0.4) is 0 Å². The molecule has 2 aromatic rings. The molecule has 0 radical (unpaired) electrons. The normalized spacial score (nSPS) is 17.4.